The number of unbranched alkanes of at least 4 members (excludes halogenated alkanes) is 2. The molecule has 1 aromatic carbocycles. The number of carbonyl (C=O) groups is 2. The van der Waals surface area contributed by atoms with E-state index in [1.54, 1.807) is 24.3 Å². The Morgan fingerprint density at radius 3 is 2.45 bits per heavy atom. The van der Waals surface area contributed by atoms with Gasteiger partial charge in [0.05, 0.1) is 12.7 Å². The fourth-order valence-corrected chi connectivity index (χ4v) is 1.68. The second-order valence-corrected chi connectivity index (χ2v) is 4.47. The maximum absolute atomic E-state index is 11.3. The van der Waals surface area contributed by atoms with Crippen molar-refractivity contribution < 1.29 is 14.3 Å². The number of ether oxygens (including phenoxy) is 1. The highest BCUT2D eigenvalue weighted by Crippen LogP contribution is 2.05. The van der Waals surface area contributed by atoms with Crippen LogP contribution in [0.5, 0.6) is 0 Å². The molecule has 3 heteroatoms. The zero-order valence-electron chi connectivity index (χ0n) is 12.1. The van der Waals surface area contributed by atoms with Gasteiger partial charge in [-0.25, -0.2) is 4.79 Å². The lowest BCUT2D eigenvalue weighted by Crippen LogP contribution is -2.00. The van der Waals surface area contributed by atoms with Crippen LogP contribution in [0, 0.1) is 11.8 Å². The number of carbonyl (C=O) groups excluding carboxylic acids is 2. The predicted octanol–water partition coefficient (Wildman–Crippen LogP) is 3.36. The third-order valence-electron chi connectivity index (χ3n) is 2.94. The van der Waals surface area contributed by atoms with Crippen LogP contribution in [0.25, 0.3) is 0 Å². The zero-order valence-corrected chi connectivity index (χ0v) is 12.1. The van der Waals surface area contributed by atoms with E-state index in [2.05, 4.69) is 16.6 Å². The van der Waals surface area contributed by atoms with Gasteiger partial charge in [0.15, 0.2) is 0 Å². The molecule has 0 saturated carbocycles. The van der Waals surface area contributed by atoms with Crippen LogP contribution >= 0.6 is 0 Å². The summed E-state index contributed by atoms with van der Waals surface area (Å²) in [6.07, 6.45) is 3.92. The van der Waals surface area contributed by atoms with Crippen molar-refractivity contribution in [3.63, 3.8) is 0 Å². The molecule has 0 radical (unpaired) electrons. The lowest BCUT2D eigenvalue weighted by molar-refractivity contribution is -0.118. The Morgan fingerprint density at radius 1 is 1.15 bits per heavy atom. The fourth-order valence-electron chi connectivity index (χ4n) is 1.68. The molecule has 0 amide bonds. The Hall–Kier alpha value is -2.08. The molecule has 0 saturated heterocycles. The van der Waals surface area contributed by atoms with Crippen molar-refractivity contribution >= 4 is 11.8 Å². The van der Waals surface area contributed by atoms with Crippen molar-refractivity contribution in [2.45, 2.75) is 39.0 Å². The Balaban J connectivity index is 2.36. The van der Waals surface area contributed by atoms with Crippen molar-refractivity contribution in [3.05, 3.63) is 35.4 Å². The minimum absolute atomic E-state index is 0.316. The van der Waals surface area contributed by atoms with Gasteiger partial charge in [0.1, 0.15) is 5.78 Å². The molecule has 1 aromatic rings. The van der Waals surface area contributed by atoms with Gasteiger partial charge in [-0.05, 0) is 37.1 Å². The number of benzene rings is 1. The summed E-state index contributed by atoms with van der Waals surface area (Å²) in [6, 6.07) is 7.02. The van der Waals surface area contributed by atoms with Gasteiger partial charge in [0.25, 0.3) is 0 Å². The van der Waals surface area contributed by atoms with Crippen LogP contribution in [0.4, 0.5) is 0 Å². The summed E-state index contributed by atoms with van der Waals surface area (Å²) < 4.78 is 4.63. The van der Waals surface area contributed by atoms with Crippen LogP contribution in [0.15, 0.2) is 24.3 Å². The molecule has 0 unspecified atom stereocenters. The molecule has 0 bridgehead atoms. The SMILES string of the molecule is CCC(=O)CCCCC#Cc1ccc(C(=O)OC)cc1. The monoisotopic (exact) mass is 272 g/mol. The lowest BCUT2D eigenvalue weighted by atomic mass is 10.1. The first kappa shape index (κ1) is 16.0. The van der Waals surface area contributed by atoms with Crippen molar-refractivity contribution in [2.75, 3.05) is 7.11 Å². The normalized spacial score (nSPS) is 9.50. The van der Waals surface area contributed by atoms with E-state index >= 15 is 0 Å². The Kier molecular flexibility index (Phi) is 7.13. The number of methoxy groups -OCH3 is 1. The van der Waals surface area contributed by atoms with E-state index in [-0.39, 0.29) is 5.97 Å². The number of Topliss-reactive ketones (excluding diaryl/α,β-unsaturated/α-hetero) is 1. The van der Waals surface area contributed by atoms with E-state index in [9.17, 15) is 9.59 Å². The standard InChI is InChI=1S/C17H20O3/c1-3-16(18)9-7-5-4-6-8-14-10-12-15(13-11-14)17(19)20-2/h10-13H,3-5,7,9H2,1-2H3. The molecule has 3 nitrogen and oxygen atoms in total. The van der Waals surface area contributed by atoms with Crippen LogP contribution in [-0.2, 0) is 9.53 Å². The average Bonchev–Trinajstić information content (AvgIpc) is 2.50. The van der Waals surface area contributed by atoms with Gasteiger partial charge in [-0.15, -0.1) is 0 Å². The predicted molar refractivity (Wildman–Crippen MR) is 78.4 cm³/mol. The molecule has 0 aliphatic heterocycles. The number of hydrogen-bond donors (Lipinski definition) is 0. The second kappa shape index (κ2) is 8.92. The third-order valence-corrected chi connectivity index (χ3v) is 2.94. The lowest BCUT2D eigenvalue weighted by Gasteiger charge is -1.98. The zero-order chi connectivity index (χ0) is 14.8. The van der Waals surface area contributed by atoms with Crippen LogP contribution in [0.2, 0.25) is 0 Å². The van der Waals surface area contributed by atoms with E-state index in [1.807, 2.05) is 6.92 Å². The van der Waals surface area contributed by atoms with Gasteiger partial charge in [-0.1, -0.05) is 18.8 Å². The minimum Gasteiger partial charge on any atom is -0.465 e. The number of rotatable bonds is 6. The summed E-state index contributed by atoms with van der Waals surface area (Å²) in [7, 11) is 1.36. The summed E-state index contributed by atoms with van der Waals surface area (Å²) in [5.41, 5.74) is 1.40. The van der Waals surface area contributed by atoms with E-state index in [0.717, 1.165) is 24.8 Å². The molecule has 1 rings (SSSR count). The highest BCUT2D eigenvalue weighted by molar-refractivity contribution is 5.89. The molecule has 0 heterocycles. The first-order valence-electron chi connectivity index (χ1n) is 6.86. The molecule has 106 valence electrons. The molecule has 0 N–H and O–H groups in total. The van der Waals surface area contributed by atoms with E-state index in [1.165, 1.54) is 7.11 Å². The van der Waals surface area contributed by atoms with Gasteiger partial charge in [-0.3, -0.25) is 4.79 Å². The molecule has 0 spiro atoms. The second-order valence-electron chi connectivity index (χ2n) is 4.47. The molecule has 0 aliphatic carbocycles. The minimum atomic E-state index is -0.342. The van der Waals surface area contributed by atoms with Crippen LogP contribution in [0.3, 0.4) is 0 Å². The van der Waals surface area contributed by atoms with E-state index in [4.69, 9.17) is 0 Å². The maximum Gasteiger partial charge on any atom is 0.337 e. The van der Waals surface area contributed by atoms with Crippen molar-refractivity contribution in [3.8, 4) is 11.8 Å². The van der Waals surface area contributed by atoms with Crippen molar-refractivity contribution in [1.82, 2.24) is 0 Å². The summed E-state index contributed by atoms with van der Waals surface area (Å²) in [6.45, 7) is 1.89. The highest BCUT2D eigenvalue weighted by atomic mass is 16.5. The van der Waals surface area contributed by atoms with E-state index in [0.29, 0.717) is 24.2 Å². The quantitative estimate of drug-likeness (QED) is 0.453. The smallest absolute Gasteiger partial charge is 0.337 e. The average molecular weight is 272 g/mol. The summed E-state index contributed by atoms with van der Waals surface area (Å²) in [5, 5.41) is 0. The van der Waals surface area contributed by atoms with Gasteiger partial charge >= 0.3 is 5.97 Å². The molecule has 20 heavy (non-hydrogen) atoms. The summed E-state index contributed by atoms with van der Waals surface area (Å²) >= 11 is 0. The topological polar surface area (TPSA) is 43.4 Å². The van der Waals surface area contributed by atoms with Crippen molar-refractivity contribution in [2.24, 2.45) is 0 Å². The Bertz CT molecular complexity index is 503. The molecule has 0 aliphatic rings. The summed E-state index contributed by atoms with van der Waals surface area (Å²) in [4.78, 5) is 22.4. The largest absolute Gasteiger partial charge is 0.465 e. The van der Waals surface area contributed by atoms with Crippen LogP contribution in [0.1, 0.15) is 54.9 Å². The van der Waals surface area contributed by atoms with Gasteiger partial charge in [0, 0.05) is 24.8 Å². The first-order chi connectivity index (χ1) is 9.67. The first-order valence-corrected chi connectivity index (χ1v) is 6.86. The highest BCUT2D eigenvalue weighted by Gasteiger charge is 2.03. The van der Waals surface area contributed by atoms with E-state index < -0.39 is 0 Å². The molecule has 0 atom stereocenters. The molecular formula is C17H20O3. The molecule has 0 aromatic heterocycles. The molecular weight excluding hydrogens is 252 g/mol. The van der Waals surface area contributed by atoms with Crippen molar-refractivity contribution in [1.29, 1.82) is 0 Å². The maximum atomic E-state index is 11.3. The van der Waals surface area contributed by atoms with Gasteiger partial charge < -0.3 is 4.74 Å². The summed E-state index contributed by atoms with van der Waals surface area (Å²) in [5.74, 6) is 6.10. The Morgan fingerprint density at radius 2 is 1.85 bits per heavy atom. The fraction of sp³-hybridized carbons (Fsp3) is 0.412. The number of esters is 1. The third kappa shape index (κ3) is 5.71. The van der Waals surface area contributed by atoms with Crippen LogP contribution < -0.4 is 0 Å². The van der Waals surface area contributed by atoms with Crippen LogP contribution in [-0.4, -0.2) is 18.9 Å². The Labute approximate surface area is 120 Å². The number of ketones is 1. The van der Waals surface area contributed by atoms with Gasteiger partial charge in [-0.2, -0.15) is 0 Å². The number of hydrogen-bond acceptors (Lipinski definition) is 3. The van der Waals surface area contributed by atoms with Gasteiger partial charge in [0.2, 0.25) is 0 Å². The molecule has 0 fully saturated rings.